The summed E-state index contributed by atoms with van der Waals surface area (Å²) in [7, 11) is 0. The number of hydrogen-bond donors (Lipinski definition) is 2. The van der Waals surface area contributed by atoms with Crippen LogP contribution in [0.25, 0.3) is 0 Å². The minimum absolute atomic E-state index is 0.0927. The first-order chi connectivity index (χ1) is 9.74. The Kier molecular flexibility index (Phi) is 4.52. The number of amides is 1. The average Bonchev–Trinajstić information content (AvgIpc) is 3.06. The van der Waals surface area contributed by atoms with E-state index in [1.54, 1.807) is 19.1 Å². The zero-order chi connectivity index (χ0) is 15.6. The highest BCUT2D eigenvalue weighted by Crippen LogP contribution is 2.22. The molecule has 2 N–H and O–H groups in total. The molecule has 1 aliphatic carbocycles. The van der Waals surface area contributed by atoms with Crippen LogP contribution in [0.15, 0.2) is 18.2 Å². The Hall–Kier alpha value is -1.62. The van der Waals surface area contributed by atoms with E-state index in [-0.39, 0.29) is 17.9 Å². The third-order valence-corrected chi connectivity index (χ3v) is 3.30. The number of benzene rings is 1. The normalized spacial score (nSPS) is 21.0. The number of carbonyl (C=O) groups excluding carboxylic acids is 1. The van der Waals surface area contributed by atoms with Crippen molar-refractivity contribution >= 4 is 6.09 Å². The molecule has 1 saturated carbocycles. The van der Waals surface area contributed by atoms with Crippen molar-refractivity contribution in [2.24, 2.45) is 0 Å². The van der Waals surface area contributed by atoms with Crippen molar-refractivity contribution in [2.45, 2.75) is 58.3 Å². The minimum atomic E-state index is -0.485. The first-order valence-electron chi connectivity index (χ1n) is 7.22. The molecule has 116 valence electrons. The summed E-state index contributed by atoms with van der Waals surface area (Å²) in [6, 6.07) is 5.54. The first kappa shape index (κ1) is 15.8. The molecule has 1 fully saturated rings. The molecule has 0 heterocycles. The molecule has 0 spiro atoms. The maximum atomic E-state index is 13.4. The van der Waals surface area contributed by atoms with Gasteiger partial charge in [-0.3, -0.25) is 0 Å². The van der Waals surface area contributed by atoms with Gasteiger partial charge in [0.1, 0.15) is 11.4 Å². The predicted octanol–water partition coefficient (Wildman–Crippen LogP) is 2.89. The van der Waals surface area contributed by atoms with Crippen LogP contribution in [0.5, 0.6) is 0 Å². The molecule has 1 amide bonds. The first-order valence-corrected chi connectivity index (χ1v) is 7.22. The van der Waals surface area contributed by atoms with E-state index in [0.29, 0.717) is 12.1 Å². The number of nitrogens with one attached hydrogen (secondary N) is 2. The van der Waals surface area contributed by atoms with Gasteiger partial charge < -0.3 is 15.4 Å². The van der Waals surface area contributed by atoms with E-state index in [4.69, 9.17) is 4.74 Å². The van der Waals surface area contributed by atoms with Gasteiger partial charge in [0.05, 0.1) is 0 Å². The molecule has 2 atom stereocenters. The molecular formula is C16H23FN2O2. The number of ether oxygens (including phenoxy) is 1. The lowest BCUT2D eigenvalue weighted by molar-refractivity contribution is 0.0522. The van der Waals surface area contributed by atoms with Crippen LogP contribution in [0.1, 0.15) is 38.3 Å². The van der Waals surface area contributed by atoms with Crippen molar-refractivity contribution in [3.8, 4) is 0 Å². The van der Waals surface area contributed by atoms with Crippen LogP contribution in [-0.4, -0.2) is 23.8 Å². The molecule has 0 radical (unpaired) electrons. The lowest BCUT2D eigenvalue weighted by atomic mass is 10.1. The summed E-state index contributed by atoms with van der Waals surface area (Å²) in [6.45, 7) is 7.84. The average molecular weight is 294 g/mol. The largest absolute Gasteiger partial charge is 0.444 e. The SMILES string of the molecule is Cc1ccc(CNC2CC2NC(=O)OC(C)(C)C)cc1F. The highest BCUT2D eigenvalue weighted by Gasteiger charge is 2.38. The van der Waals surface area contributed by atoms with E-state index in [9.17, 15) is 9.18 Å². The topological polar surface area (TPSA) is 50.4 Å². The quantitative estimate of drug-likeness (QED) is 0.897. The summed E-state index contributed by atoms with van der Waals surface area (Å²) < 4.78 is 18.6. The zero-order valence-electron chi connectivity index (χ0n) is 13.0. The van der Waals surface area contributed by atoms with Gasteiger partial charge in [0.2, 0.25) is 0 Å². The Morgan fingerprint density at radius 3 is 2.71 bits per heavy atom. The van der Waals surface area contributed by atoms with Gasteiger partial charge >= 0.3 is 6.09 Å². The number of aryl methyl sites for hydroxylation is 1. The summed E-state index contributed by atoms with van der Waals surface area (Å²) in [4.78, 5) is 11.6. The van der Waals surface area contributed by atoms with Crippen molar-refractivity contribution in [2.75, 3.05) is 0 Å². The molecule has 2 unspecified atom stereocenters. The standard InChI is InChI=1S/C16H23FN2O2/c1-10-5-6-11(7-12(10)17)9-18-13-8-14(13)19-15(20)21-16(2,3)4/h5-7,13-14,18H,8-9H2,1-4H3,(H,19,20). The lowest BCUT2D eigenvalue weighted by Gasteiger charge is -2.19. The van der Waals surface area contributed by atoms with Crippen LogP contribution in [0.2, 0.25) is 0 Å². The molecule has 0 aromatic heterocycles. The van der Waals surface area contributed by atoms with Gasteiger partial charge in [-0.25, -0.2) is 9.18 Å². The van der Waals surface area contributed by atoms with Crippen LogP contribution >= 0.6 is 0 Å². The van der Waals surface area contributed by atoms with Crippen LogP contribution in [0.4, 0.5) is 9.18 Å². The number of carbonyl (C=O) groups is 1. The van der Waals surface area contributed by atoms with Crippen molar-refractivity contribution in [3.05, 3.63) is 35.1 Å². The van der Waals surface area contributed by atoms with E-state index >= 15 is 0 Å². The number of alkyl carbamates (subject to hydrolysis) is 1. The summed E-state index contributed by atoms with van der Waals surface area (Å²) in [5, 5.41) is 6.12. The second-order valence-corrected chi connectivity index (χ2v) is 6.56. The van der Waals surface area contributed by atoms with Gasteiger partial charge in [0.25, 0.3) is 0 Å². The third kappa shape index (κ3) is 5.01. The van der Waals surface area contributed by atoms with E-state index in [2.05, 4.69) is 10.6 Å². The molecule has 2 rings (SSSR count). The predicted molar refractivity (Wildman–Crippen MR) is 79.5 cm³/mol. The van der Waals surface area contributed by atoms with Crippen molar-refractivity contribution < 1.29 is 13.9 Å². The summed E-state index contributed by atoms with van der Waals surface area (Å²) in [5.74, 6) is -0.187. The fourth-order valence-electron chi connectivity index (χ4n) is 2.03. The van der Waals surface area contributed by atoms with Crippen LogP contribution in [0.3, 0.4) is 0 Å². The third-order valence-electron chi connectivity index (χ3n) is 3.30. The second kappa shape index (κ2) is 6.02. The Bertz CT molecular complexity index is 525. The van der Waals surface area contributed by atoms with E-state index in [1.165, 1.54) is 0 Å². The monoisotopic (exact) mass is 294 g/mol. The zero-order valence-corrected chi connectivity index (χ0v) is 13.0. The minimum Gasteiger partial charge on any atom is -0.444 e. The highest BCUT2D eigenvalue weighted by molar-refractivity contribution is 5.68. The fourth-order valence-corrected chi connectivity index (χ4v) is 2.03. The van der Waals surface area contributed by atoms with Crippen molar-refractivity contribution in [3.63, 3.8) is 0 Å². The van der Waals surface area contributed by atoms with Gasteiger partial charge in [-0.15, -0.1) is 0 Å². The Balaban J connectivity index is 1.72. The maximum absolute atomic E-state index is 13.4. The van der Waals surface area contributed by atoms with Crippen LogP contribution in [-0.2, 0) is 11.3 Å². The van der Waals surface area contributed by atoms with Crippen molar-refractivity contribution in [1.82, 2.24) is 10.6 Å². The lowest BCUT2D eigenvalue weighted by Crippen LogP contribution is -2.36. The Morgan fingerprint density at radius 1 is 1.38 bits per heavy atom. The smallest absolute Gasteiger partial charge is 0.407 e. The Labute approximate surface area is 125 Å². The number of hydrogen-bond acceptors (Lipinski definition) is 3. The second-order valence-electron chi connectivity index (χ2n) is 6.56. The molecule has 1 aromatic carbocycles. The van der Waals surface area contributed by atoms with Crippen LogP contribution < -0.4 is 10.6 Å². The molecule has 0 saturated heterocycles. The maximum Gasteiger partial charge on any atom is 0.407 e. The molecule has 1 aliphatic rings. The fraction of sp³-hybridized carbons (Fsp3) is 0.562. The molecule has 0 bridgehead atoms. The summed E-state index contributed by atoms with van der Waals surface area (Å²) in [5.41, 5.74) is 1.07. The highest BCUT2D eigenvalue weighted by atomic mass is 19.1. The molecule has 0 aliphatic heterocycles. The van der Waals surface area contributed by atoms with Gasteiger partial charge in [-0.2, -0.15) is 0 Å². The van der Waals surface area contributed by atoms with Crippen molar-refractivity contribution in [1.29, 1.82) is 0 Å². The van der Waals surface area contributed by atoms with Gasteiger partial charge in [0, 0.05) is 18.6 Å². The van der Waals surface area contributed by atoms with E-state index in [1.807, 2.05) is 26.8 Å². The van der Waals surface area contributed by atoms with E-state index in [0.717, 1.165) is 12.0 Å². The summed E-state index contributed by atoms with van der Waals surface area (Å²) in [6.07, 6.45) is 0.478. The number of halogens is 1. The van der Waals surface area contributed by atoms with Crippen LogP contribution in [0, 0.1) is 12.7 Å². The summed E-state index contributed by atoms with van der Waals surface area (Å²) >= 11 is 0. The molecule has 5 heteroatoms. The molecule has 21 heavy (non-hydrogen) atoms. The number of rotatable bonds is 4. The van der Waals surface area contributed by atoms with Gasteiger partial charge in [-0.05, 0) is 51.3 Å². The van der Waals surface area contributed by atoms with Gasteiger partial charge in [-0.1, -0.05) is 12.1 Å². The molecule has 1 aromatic rings. The molecule has 4 nitrogen and oxygen atoms in total. The van der Waals surface area contributed by atoms with Gasteiger partial charge in [0.15, 0.2) is 0 Å². The Morgan fingerprint density at radius 2 is 2.10 bits per heavy atom. The molecular weight excluding hydrogens is 271 g/mol. The van der Waals surface area contributed by atoms with E-state index < -0.39 is 11.7 Å².